The number of carbonyl (C=O) groups is 2. The predicted octanol–water partition coefficient (Wildman–Crippen LogP) is 1.26. The smallest absolute Gasteiger partial charge is 0.265 e. The minimum absolute atomic E-state index is 0.163. The first kappa shape index (κ1) is 15.5. The Morgan fingerprint density at radius 3 is 2.96 bits per heavy atom. The Balaban J connectivity index is 1.95. The molecule has 1 aliphatic heterocycles. The molecule has 3 N–H and O–H groups in total. The lowest BCUT2D eigenvalue weighted by Crippen LogP contribution is -2.47. The summed E-state index contributed by atoms with van der Waals surface area (Å²) in [5.74, 6) is -0.144. The van der Waals surface area contributed by atoms with Crippen molar-refractivity contribution in [2.75, 3.05) is 6.54 Å². The van der Waals surface area contributed by atoms with Crippen molar-refractivity contribution in [3.8, 4) is 0 Å². The van der Waals surface area contributed by atoms with Crippen molar-refractivity contribution in [3.05, 3.63) is 29.6 Å². The van der Waals surface area contributed by atoms with E-state index >= 15 is 0 Å². The molecule has 1 fully saturated rings. The Morgan fingerprint density at radius 2 is 2.26 bits per heavy atom. The average Bonchev–Trinajstić information content (AvgIpc) is 3.08. The zero-order chi connectivity index (χ0) is 16.8. The molecule has 2 heterocycles. The molecule has 23 heavy (non-hydrogen) atoms. The number of likely N-dealkylation sites (tertiary alicyclic amines) is 1. The fourth-order valence-electron chi connectivity index (χ4n) is 3.08. The number of H-pyrrole nitrogens is 1. The molecule has 0 radical (unpaired) electrons. The van der Waals surface area contributed by atoms with Gasteiger partial charge in [-0.2, -0.15) is 0 Å². The zero-order valence-corrected chi connectivity index (χ0v) is 13.4. The van der Waals surface area contributed by atoms with Crippen LogP contribution in [0.3, 0.4) is 0 Å². The number of aryl methyl sites for hydroxylation is 1. The molecular formula is C16H20N4O3. The molecule has 0 bridgehead atoms. The van der Waals surface area contributed by atoms with Gasteiger partial charge in [-0.25, -0.2) is 10.5 Å². The SMILES string of the molecule is Cc1ccc2nc(C3(C)CCN(C(C)C(=O)NO)C3=O)[nH]c2c1. The summed E-state index contributed by atoms with van der Waals surface area (Å²) in [5.41, 5.74) is 3.64. The Morgan fingerprint density at radius 1 is 1.52 bits per heavy atom. The minimum Gasteiger partial charge on any atom is -0.341 e. The molecule has 0 aliphatic carbocycles. The summed E-state index contributed by atoms with van der Waals surface area (Å²) in [4.78, 5) is 33.7. The minimum atomic E-state index is -0.795. The first-order valence-corrected chi connectivity index (χ1v) is 7.58. The summed E-state index contributed by atoms with van der Waals surface area (Å²) in [6.45, 7) is 5.87. The molecule has 1 aromatic heterocycles. The van der Waals surface area contributed by atoms with Crippen molar-refractivity contribution in [1.82, 2.24) is 20.3 Å². The number of hydrogen-bond donors (Lipinski definition) is 3. The van der Waals surface area contributed by atoms with Gasteiger partial charge < -0.3 is 9.88 Å². The third kappa shape index (κ3) is 2.37. The van der Waals surface area contributed by atoms with Gasteiger partial charge in [0, 0.05) is 6.54 Å². The second kappa shape index (κ2) is 5.34. The maximum Gasteiger partial charge on any atom is 0.265 e. The first-order chi connectivity index (χ1) is 10.9. The summed E-state index contributed by atoms with van der Waals surface area (Å²) in [5, 5.41) is 8.76. The van der Waals surface area contributed by atoms with Crippen LogP contribution in [0.1, 0.15) is 31.7 Å². The van der Waals surface area contributed by atoms with Gasteiger partial charge in [0.2, 0.25) is 5.91 Å². The number of hydrogen-bond acceptors (Lipinski definition) is 4. The lowest BCUT2D eigenvalue weighted by Gasteiger charge is -2.25. The number of amides is 2. The zero-order valence-electron chi connectivity index (χ0n) is 13.4. The second-order valence-corrected chi connectivity index (χ2v) is 6.34. The summed E-state index contributed by atoms with van der Waals surface area (Å²) in [6.07, 6.45) is 0.563. The Hall–Kier alpha value is -2.41. The summed E-state index contributed by atoms with van der Waals surface area (Å²) in [6, 6.07) is 5.17. The van der Waals surface area contributed by atoms with E-state index in [2.05, 4.69) is 9.97 Å². The van der Waals surface area contributed by atoms with Gasteiger partial charge in [0.05, 0.1) is 11.0 Å². The molecule has 1 aromatic carbocycles. The fraction of sp³-hybridized carbons (Fsp3) is 0.438. The van der Waals surface area contributed by atoms with Gasteiger partial charge in [0.25, 0.3) is 5.91 Å². The van der Waals surface area contributed by atoms with Crippen LogP contribution in [0.25, 0.3) is 11.0 Å². The molecule has 1 saturated heterocycles. The van der Waals surface area contributed by atoms with Crippen molar-refractivity contribution in [2.45, 2.75) is 38.6 Å². The van der Waals surface area contributed by atoms with E-state index in [0.29, 0.717) is 18.8 Å². The van der Waals surface area contributed by atoms with Crippen molar-refractivity contribution >= 4 is 22.8 Å². The van der Waals surface area contributed by atoms with Crippen molar-refractivity contribution in [1.29, 1.82) is 0 Å². The van der Waals surface area contributed by atoms with E-state index in [1.165, 1.54) is 4.90 Å². The van der Waals surface area contributed by atoms with E-state index < -0.39 is 17.4 Å². The molecule has 7 heteroatoms. The summed E-state index contributed by atoms with van der Waals surface area (Å²) in [7, 11) is 0. The van der Waals surface area contributed by atoms with Crippen LogP contribution >= 0.6 is 0 Å². The molecule has 3 rings (SSSR count). The van der Waals surface area contributed by atoms with Crippen LogP contribution in [0, 0.1) is 6.92 Å². The van der Waals surface area contributed by atoms with Gasteiger partial charge in [0.1, 0.15) is 17.3 Å². The van der Waals surface area contributed by atoms with Crippen LogP contribution in [-0.4, -0.2) is 44.5 Å². The van der Waals surface area contributed by atoms with Crippen LogP contribution in [0.2, 0.25) is 0 Å². The number of nitrogens with zero attached hydrogens (tertiary/aromatic N) is 2. The third-order valence-corrected chi connectivity index (χ3v) is 4.70. The molecule has 2 amide bonds. The lowest BCUT2D eigenvalue weighted by molar-refractivity contribution is -0.143. The van der Waals surface area contributed by atoms with Crippen molar-refractivity contribution in [2.24, 2.45) is 0 Å². The van der Waals surface area contributed by atoms with Gasteiger partial charge in [-0.15, -0.1) is 0 Å². The van der Waals surface area contributed by atoms with Crippen LogP contribution in [0.5, 0.6) is 0 Å². The summed E-state index contributed by atoms with van der Waals surface area (Å²) < 4.78 is 0. The number of fused-ring (bicyclic) bond motifs is 1. The van der Waals surface area contributed by atoms with Crippen molar-refractivity contribution in [3.63, 3.8) is 0 Å². The Bertz CT molecular complexity index is 785. The van der Waals surface area contributed by atoms with E-state index in [1.807, 2.05) is 32.0 Å². The van der Waals surface area contributed by atoms with Gasteiger partial charge in [-0.3, -0.25) is 14.8 Å². The van der Waals surface area contributed by atoms with E-state index in [1.54, 1.807) is 12.4 Å². The van der Waals surface area contributed by atoms with Crippen LogP contribution in [0.15, 0.2) is 18.2 Å². The molecular weight excluding hydrogens is 296 g/mol. The highest BCUT2D eigenvalue weighted by Gasteiger charge is 2.48. The standard InChI is InChI=1S/C16H20N4O3/c1-9-4-5-11-12(8-9)18-14(17-11)16(3)6-7-20(15(16)22)10(2)13(21)19-23/h4-5,8,10,23H,6-7H2,1-3H3,(H,17,18)(H,19,21). The number of imidazole rings is 1. The van der Waals surface area contributed by atoms with Gasteiger partial charge in [-0.1, -0.05) is 6.07 Å². The number of aromatic nitrogens is 2. The topological polar surface area (TPSA) is 98.3 Å². The van der Waals surface area contributed by atoms with Crippen molar-refractivity contribution < 1.29 is 14.8 Å². The normalized spacial score (nSPS) is 22.6. The molecule has 122 valence electrons. The molecule has 2 aromatic rings. The molecule has 7 nitrogen and oxygen atoms in total. The number of nitrogens with one attached hydrogen (secondary N) is 2. The fourth-order valence-corrected chi connectivity index (χ4v) is 3.08. The second-order valence-electron chi connectivity index (χ2n) is 6.34. The Labute approximate surface area is 133 Å². The molecule has 0 saturated carbocycles. The molecule has 0 spiro atoms. The number of carbonyl (C=O) groups excluding carboxylic acids is 2. The van der Waals surface area contributed by atoms with Crippen LogP contribution in [0.4, 0.5) is 0 Å². The van der Waals surface area contributed by atoms with Gasteiger partial charge in [-0.05, 0) is 44.9 Å². The highest BCUT2D eigenvalue weighted by molar-refractivity contribution is 5.94. The van der Waals surface area contributed by atoms with E-state index in [-0.39, 0.29) is 5.91 Å². The summed E-state index contributed by atoms with van der Waals surface area (Å²) >= 11 is 0. The maximum absolute atomic E-state index is 12.8. The highest BCUT2D eigenvalue weighted by Crippen LogP contribution is 2.35. The maximum atomic E-state index is 12.8. The molecule has 1 aliphatic rings. The molecule has 2 unspecified atom stereocenters. The van der Waals surface area contributed by atoms with Crippen LogP contribution in [-0.2, 0) is 15.0 Å². The number of benzene rings is 1. The van der Waals surface area contributed by atoms with E-state index in [9.17, 15) is 9.59 Å². The Kier molecular flexibility index (Phi) is 3.60. The van der Waals surface area contributed by atoms with Gasteiger partial charge in [0.15, 0.2) is 0 Å². The third-order valence-electron chi connectivity index (χ3n) is 4.70. The van der Waals surface area contributed by atoms with E-state index in [0.717, 1.165) is 16.6 Å². The first-order valence-electron chi connectivity index (χ1n) is 7.58. The lowest BCUT2D eigenvalue weighted by atomic mass is 9.88. The average molecular weight is 316 g/mol. The van der Waals surface area contributed by atoms with Crippen LogP contribution < -0.4 is 5.48 Å². The largest absolute Gasteiger partial charge is 0.341 e. The number of aromatic amines is 1. The predicted molar refractivity (Wildman–Crippen MR) is 83.9 cm³/mol. The number of hydroxylamine groups is 1. The number of rotatable bonds is 3. The monoisotopic (exact) mass is 316 g/mol. The van der Waals surface area contributed by atoms with E-state index in [4.69, 9.17) is 5.21 Å². The highest BCUT2D eigenvalue weighted by atomic mass is 16.5. The molecule has 2 atom stereocenters. The van der Waals surface area contributed by atoms with Gasteiger partial charge >= 0.3 is 0 Å². The quantitative estimate of drug-likeness (QED) is 0.586.